The predicted octanol–water partition coefficient (Wildman–Crippen LogP) is 2.83. The van der Waals surface area contributed by atoms with E-state index >= 15 is 0 Å². The number of carbonyl (C=O) groups excluding carboxylic acids is 2. The number of hydrogen-bond acceptors (Lipinski definition) is 3. The molecule has 1 aliphatic heterocycles. The molecule has 1 atom stereocenters. The summed E-state index contributed by atoms with van der Waals surface area (Å²) in [5.74, 6) is 0.231. The maximum atomic E-state index is 12.7. The lowest BCUT2D eigenvalue weighted by molar-refractivity contribution is -0.119. The smallest absolute Gasteiger partial charge is 0.271 e. The largest absolute Gasteiger partial charge is 0.356 e. The summed E-state index contributed by atoms with van der Waals surface area (Å²) in [6.45, 7) is 3.53. The van der Waals surface area contributed by atoms with E-state index in [0.717, 1.165) is 35.1 Å². The second-order valence-electron chi connectivity index (χ2n) is 6.37. The van der Waals surface area contributed by atoms with Crippen LogP contribution in [0, 0.1) is 5.92 Å². The summed E-state index contributed by atoms with van der Waals surface area (Å²) in [5.41, 5.74) is 2.21. The van der Waals surface area contributed by atoms with Gasteiger partial charge in [0, 0.05) is 36.6 Å². The molecule has 0 saturated carbocycles. The van der Waals surface area contributed by atoms with E-state index in [1.807, 2.05) is 29.2 Å². The van der Waals surface area contributed by atoms with Crippen LogP contribution in [-0.4, -0.2) is 46.5 Å². The average Bonchev–Trinajstić information content (AvgIpc) is 3.10. The first-order valence-corrected chi connectivity index (χ1v) is 9.17. The Labute approximate surface area is 155 Å². The molecule has 1 aromatic heterocycles. The van der Waals surface area contributed by atoms with E-state index in [1.54, 1.807) is 6.07 Å². The van der Waals surface area contributed by atoms with Gasteiger partial charge < -0.3 is 10.2 Å². The van der Waals surface area contributed by atoms with E-state index in [0.29, 0.717) is 24.7 Å². The number of rotatable bonds is 4. The van der Waals surface area contributed by atoms with Crippen LogP contribution < -0.4 is 5.32 Å². The minimum atomic E-state index is -0.0385. The zero-order chi connectivity index (χ0) is 17.8. The van der Waals surface area contributed by atoms with E-state index in [9.17, 15) is 9.59 Å². The summed E-state index contributed by atoms with van der Waals surface area (Å²) >= 11 is 3.41. The van der Waals surface area contributed by atoms with Crippen molar-refractivity contribution < 1.29 is 9.59 Å². The Kier molecular flexibility index (Phi) is 5.53. The Morgan fingerprint density at radius 3 is 2.84 bits per heavy atom. The van der Waals surface area contributed by atoms with E-state index < -0.39 is 0 Å². The van der Waals surface area contributed by atoms with Crippen LogP contribution in [0.25, 0.3) is 11.3 Å². The van der Waals surface area contributed by atoms with Crippen molar-refractivity contribution in [3.8, 4) is 11.3 Å². The Balaban J connectivity index is 1.66. The highest BCUT2D eigenvalue weighted by Crippen LogP contribution is 2.22. The molecule has 1 fully saturated rings. The van der Waals surface area contributed by atoms with Crippen LogP contribution >= 0.6 is 15.9 Å². The third kappa shape index (κ3) is 4.48. The van der Waals surface area contributed by atoms with Crippen molar-refractivity contribution in [2.75, 3.05) is 19.6 Å². The van der Waals surface area contributed by atoms with Gasteiger partial charge in [0.1, 0.15) is 5.69 Å². The maximum Gasteiger partial charge on any atom is 0.271 e. The van der Waals surface area contributed by atoms with Gasteiger partial charge in [-0.25, -0.2) is 0 Å². The zero-order valence-electron chi connectivity index (χ0n) is 14.1. The molecule has 0 radical (unpaired) electrons. The second kappa shape index (κ2) is 7.82. The molecular formula is C18H21BrN4O2. The number of likely N-dealkylation sites (tertiary alicyclic amines) is 1. The highest BCUT2D eigenvalue weighted by atomic mass is 79.9. The van der Waals surface area contributed by atoms with Crippen LogP contribution in [0.2, 0.25) is 0 Å². The third-order valence-corrected chi connectivity index (χ3v) is 4.92. The Morgan fingerprint density at radius 1 is 1.36 bits per heavy atom. The Hall–Kier alpha value is -2.15. The quantitative estimate of drug-likeness (QED) is 0.821. The molecule has 0 spiro atoms. The first kappa shape index (κ1) is 17.7. The first-order valence-electron chi connectivity index (χ1n) is 8.38. The molecular weight excluding hydrogens is 384 g/mol. The minimum absolute atomic E-state index is 0.0313. The van der Waals surface area contributed by atoms with Crippen molar-refractivity contribution >= 4 is 27.7 Å². The van der Waals surface area contributed by atoms with Gasteiger partial charge in [0.25, 0.3) is 5.91 Å². The van der Waals surface area contributed by atoms with Crippen molar-refractivity contribution in [3.63, 3.8) is 0 Å². The summed E-state index contributed by atoms with van der Waals surface area (Å²) in [6, 6.07) is 9.60. The van der Waals surface area contributed by atoms with E-state index in [-0.39, 0.29) is 11.8 Å². The number of nitrogens with zero attached hydrogens (tertiary/aromatic N) is 2. The number of nitrogens with one attached hydrogen (secondary N) is 2. The molecule has 3 rings (SSSR count). The number of piperidine rings is 1. The molecule has 1 aliphatic rings. The van der Waals surface area contributed by atoms with E-state index in [2.05, 4.69) is 31.4 Å². The zero-order valence-corrected chi connectivity index (χ0v) is 15.7. The van der Waals surface area contributed by atoms with Crippen molar-refractivity contribution in [3.05, 3.63) is 40.5 Å². The number of aromatic nitrogens is 2. The number of carbonyl (C=O) groups is 2. The molecule has 0 aliphatic carbocycles. The standard InChI is InChI=1S/C18H21BrN4O2/c1-12(24)20-10-13-3-2-8-23(11-13)18(25)17-9-16(21-22-17)14-4-6-15(19)7-5-14/h4-7,9,13H,2-3,8,10-11H2,1H3,(H,20,24)(H,21,22). The van der Waals surface area contributed by atoms with Gasteiger partial charge in [-0.1, -0.05) is 28.1 Å². The van der Waals surface area contributed by atoms with Crippen LogP contribution in [0.5, 0.6) is 0 Å². The monoisotopic (exact) mass is 404 g/mol. The summed E-state index contributed by atoms with van der Waals surface area (Å²) in [6.07, 6.45) is 1.97. The van der Waals surface area contributed by atoms with E-state index in [4.69, 9.17) is 0 Å². The van der Waals surface area contributed by atoms with Gasteiger partial charge in [-0.3, -0.25) is 14.7 Å². The number of amides is 2. The molecule has 1 saturated heterocycles. The average molecular weight is 405 g/mol. The van der Waals surface area contributed by atoms with Crippen LogP contribution in [0.4, 0.5) is 0 Å². The normalized spacial score (nSPS) is 17.4. The molecule has 0 bridgehead atoms. The number of benzene rings is 1. The molecule has 1 aromatic carbocycles. The number of H-pyrrole nitrogens is 1. The Bertz CT molecular complexity index is 757. The summed E-state index contributed by atoms with van der Waals surface area (Å²) < 4.78 is 1.00. The van der Waals surface area contributed by atoms with Gasteiger partial charge in [-0.15, -0.1) is 0 Å². The van der Waals surface area contributed by atoms with Gasteiger partial charge in [0.15, 0.2) is 0 Å². The molecule has 2 aromatic rings. The molecule has 2 amide bonds. The minimum Gasteiger partial charge on any atom is -0.356 e. The number of halogens is 1. The summed E-state index contributed by atoms with van der Waals surface area (Å²) in [4.78, 5) is 25.7. The molecule has 2 N–H and O–H groups in total. The van der Waals surface area contributed by atoms with Gasteiger partial charge >= 0.3 is 0 Å². The highest BCUT2D eigenvalue weighted by molar-refractivity contribution is 9.10. The number of hydrogen-bond donors (Lipinski definition) is 2. The van der Waals surface area contributed by atoms with Crippen LogP contribution in [0.1, 0.15) is 30.3 Å². The lowest BCUT2D eigenvalue weighted by Gasteiger charge is -2.32. The van der Waals surface area contributed by atoms with Gasteiger partial charge in [-0.05, 0) is 37.0 Å². The molecule has 7 heteroatoms. The third-order valence-electron chi connectivity index (χ3n) is 4.39. The fraction of sp³-hybridized carbons (Fsp3) is 0.389. The van der Waals surface area contributed by atoms with Crippen LogP contribution in [0.3, 0.4) is 0 Å². The number of aromatic amines is 1. The maximum absolute atomic E-state index is 12.7. The Morgan fingerprint density at radius 2 is 2.12 bits per heavy atom. The molecule has 132 valence electrons. The van der Waals surface area contributed by atoms with Gasteiger partial charge in [0.2, 0.25) is 5.91 Å². The molecule has 6 nitrogen and oxygen atoms in total. The molecule has 1 unspecified atom stereocenters. The lowest BCUT2D eigenvalue weighted by Crippen LogP contribution is -2.43. The summed E-state index contributed by atoms with van der Waals surface area (Å²) in [5, 5.41) is 9.97. The van der Waals surface area contributed by atoms with E-state index in [1.165, 1.54) is 6.92 Å². The molecule has 25 heavy (non-hydrogen) atoms. The van der Waals surface area contributed by atoms with Crippen molar-refractivity contribution in [2.24, 2.45) is 5.92 Å². The SMILES string of the molecule is CC(=O)NCC1CCCN(C(=O)c2cc(-c3ccc(Br)cc3)n[nH]2)C1. The van der Waals surface area contributed by atoms with Crippen LogP contribution in [-0.2, 0) is 4.79 Å². The summed E-state index contributed by atoms with van der Waals surface area (Å²) in [7, 11) is 0. The topological polar surface area (TPSA) is 78.1 Å². The van der Waals surface area contributed by atoms with Gasteiger partial charge in [-0.2, -0.15) is 5.10 Å². The highest BCUT2D eigenvalue weighted by Gasteiger charge is 2.25. The van der Waals surface area contributed by atoms with Gasteiger partial charge in [0.05, 0.1) is 5.69 Å². The lowest BCUT2D eigenvalue weighted by atomic mass is 9.97. The fourth-order valence-corrected chi connectivity index (χ4v) is 3.34. The second-order valence-corrected chi connectivity index (χ2v) is 7.29. The predicted molar refractivity (Wildman–Crippen MR) is 99.0 cm³/mol. The molecule has 2 heterocycles. The first-order chi connectivity index (χ1) is 12.0. The van der Waals surface area contributed by atoms with Crippen LogP contribution in [0.15, 0.2) is 34.8 Å². The fourth-order valence-electron chi connectivity index (χ4n) is 3.07. The van der Waals surface area contributed by atoms with Crippen molar-refractivity contribution in [2.45, 2.75) is 19.8 Å². The van der Waals surface area contributed by atoms with Crippen molar-refractivity contribution in [1.82, 2.24) is 20.4 Å². The van der Waals surface area contributed by atoms with Crippen molar-refractivity contribution in [1.29, 1.82) is 0 Å².